The molecule has 9 nitrogen and oxygen atoms in total. The van der Waals surface area contributed by atoms with Crippen molar-refractivity contribution in [1.82, 2.24) is 25.2 Å². The fourth-order valence-corrected chi connectivity index (χ4v) is 5.79. The molecule has 0 bridgehead atoms. The topological polar surface area (TPSA) is 112 Å². The fourth-order valence-electron chi connectivity index (χ4n) is 5.17. The molecule has 1 saturated heterocycles. The number of H-pyrrole nitrogens is 1. The highest BCUT2D eigenvalue weighted by molar-refractivity contribution is 14.1. The van der Waals surface area contributed by atoms with Gasteiger partial charge in [-0.05, 0) is 80.1 Å². The average Bonchev–Trinajstić information content (AvgIpc) is 3.26. The molecule has 10 heteroatoms. The smallest absolute Gasteiger partial charge is 0.253 e. The Bertz CT molecular complexity index is 1530. The summed E-state index contributed by atoms with van der Waals surface area (Å²) in [5, 5.41) is 8.41. The van der Waals surface area contributed by atoms with E-state index in [1.807, 2.05) is 39.8 Å². The van der Waals surface area contributed by atoms with Crippen LogP contribution < -0.4 is 10.6 Å². The predicted molar refractivity (Wildman–Crippen MR) is 161 cm³/mol. The highest BCUT2D eigenvalue weighted by Crippen LogP contribution is 2.32. The molecule has 1 aliphatic rings. The number of halogens is 1. The first kappa shape index (κ1) is 27.5. The summed E-state index contributed by atoms with van der Waals surface area (Å²) in [6, 6.07) is 8.92. The van der Waals surface area contributed by atoms with E-state index in [0.29, 0.717) is 24.3 Å². The molecule has 2 amide bonds. The molecular formula is C29H33IN6O3. The lowest BCUT2D eigenvalue weighted by molar-refractivity contribution is -0.143. The van der Waals surface area contributed by atoms with Crippen molar-refractivity contribution in [1.29, 1.82) is 0 Å². The zero-order chi connectivity index (χ0) is 27.7. The van der Waals surface area contributed by atoms with Gasteiger partial charge in [0.25, 0.3) is 5.91 Å². The molecule has 39 heavy (non-hydrogen) atoms. The number of aromatic nitrogens is 3. The zero-order valence-corrected chi connectivity index (χ0v) is 24.7. The Morgan fingerprint density at radius 1 is 1.26 bits per heavy atom. The van der Waals surface area contributed by atoms with Gasteiger partial charge in [0.2, 0.25) is 5.91 Å². The lowest BCUT2D eigenvalue weighted by atomic mass is 10.0. The number of nitrogens with one attached hydrogen (secondary N) is 3. The van der Waals surface area contributed by atoms with Crippen molar-refractivity contribution in [3.05, 3.63) is 63.7 Å². The minimum Gasteiger partial charge on any atom is -0.372 e. The van der Waals surface area contributed by atoms with Crippen molar-refractivity contribution in [2.75, 3.05) is 25.0 Å². The number of anilines is 1. The molecule has 0 aliphatic carbocycles. The molecule has 204 valence electrons. The van der Waals surface area contributed by atoms with Crippen LogP contribution in [0.15, 0.2) is 48.9 Å². The second-order valence-electron chi connectivity index (χ2n) is 10.6. The number of amides is 2. The van der Waals surface area contributed by atoms with E-state index >= 15 is 0 Å². The van der Waals surface area contributed by atoms with Crippen molar-refractivity contribution in [2.24, 2.45) is 0 Å². The van der Waals surface area contributed by atoms with E-state index in [-0.39, 0.29) is 24.5 Å². The van der Waals surface area contributed by atoms with E-state index < -0.39 is 11.6 Å². The molecule has 4 aromatic rings. The van der Waals surface area contributed by atoms with Gasteiger partial charge in [-0.2, -0.15) is 0 Å². The number of benzene rings is 1. The highest BCUT2D eigenvalue weighted by Gasteiger charge is 2.38. The van der Waals surface area contributed by atoms with Gasteiger partial charge in [-0.25, -0.2) is 0 Å². The van der Waals surface area contributed by atoms with E-state index in [2.05, 4.69) is 59.1 Å². The molecule has 0 saturated carbocycles. The molecule has 1 aliphatic heterocycles. The third-order valence-electron chi connectivity index (χ3n) is 7.23. The van der Waals surface area contributed by atoms with Crippen LogP contribution in [0.1, 0.15) is 43.2 Å². The van der Waals surface area contributed by atoms with Gasteiger partial charge in [-0.3, -0.25) is 24.5 Å². The van der Waals surface area contributed by atoms with Gasteiger partial charge < -0.3 is 20.4 Å². The summed E-state index contributed by atoms with van der Waals surface area (Å²) >= 11 is 2.27. The maximum absolute atomic E-state index is 13.8. The number of morpholine rings is 1. The predicted octanol–water partition coefficient (Wildman–Crippen LogP) is 4.65. The van der Waals surface area contributed by atoms with E-state index in [4.69, 9.17) is 4.74 Å². The number of rotatable bonds is 7. The number of aromatic amines is 1. The van der Waals surface area contributed by atoms with Crippen LogP contribution in [0.25, 0.3) is 21.8 Å². The van der Waals surface area contributed by atoms with Gasteiger partial charge in [-0.15, -0.1) is 0 Å². The van der Waals surface area contributed by atoms with E-state index in [9.17, 15) is 9.59 Å². The van der Waals surface area contributed by atoms with Crippen LogP contribution in [0, 0.1) is 10.5 Å². The first-order valence-electron chi connectivity index (χ1n) is 13.1. The number of carbonyl (C=O) groups excluding carboxylic acids is 2. The van der Waals surface area contributed by atoms with Crippen LogP contribution in [0.3, 0.4) is 0 Å². The second kappa shape index (κ2) is 11.2. The quantitative estimate of drug-likeness (QED) is 0.254. The lowest BCUT2D eigenvalue weighted by Gasteiger charge is -2.44. The van der Waals surface area contributed by atoms with Gasteiger partial charge in [-0.1, -0.05) is 6.92 Å². The summed E-state index contributed by atoms with van der Waals surface area (Å²) in [6.45, 7) is 9.24. The summed E-state index contributed by atoms with van der Waals surface area (Å²) < 4.78 is 7.11. The van der Waals surface area contributed by atoms with Crippen LogP contribution >= 0.6 is 22.6 Å². The molecule has 1 fully saturated rings. The largest absolute Gasteiger partial charge is 0.372 e. The Hall–Kier alpha value is -3.09. The summed E-state index contributed by atoms with van der Waals surface area (Å²) in [4.78, 5) is 40.8. The highest BCUT2D eigenvalue weighted by atomic mass is 127. The SMILES string of the molecule is CC[C@@H](CN1CC(C)(C)OC[C@H]1C(=O)Nc1cc(I)cc2c1[nH]c1cnccc12)NC(=O)c1cccnc1C. The average molecular weight is 641 g/mol. The molecule has 5 rings (SSSR count). The molecule has 3 aromatic heterocycles. The lowest BCUT2D eigenvalue weighted by Crippen LogP contribution is -2.60. The maximum Gasteiger partial charge on any atom is 0.253 e. The number of fused-ring (bicyclic) bond motifs is 3. The molecule has 0 spiro atoms. The number of pyridine rings is 2. The summed E-state index contributed by atoms with van der Waals surface area (Å²) in [5.41, 5.74) is 3.32. The minimum atomic E-state index is -0.511. The van der Waals surface area contributed by atoms with Crippen LogP contribution in [0.4, 0.5) is 5.69 Å². The first-order chi connectivity index (χ1) is 18.6. The minimum absolute atomic E-state index is 0.144. The van der Waals surface area contributed by atoms with E-state index in [0.717, 1.165) is 37.5 Å². The van der Waals surface area contributed by atoms with Crippen LogP contribution in [0.2, 0.25) is 0 Å². The Morgan fingerprint density at radius 2 is 2.08 bits per heavy atom. The number of nitrogens with zero attached hydrogens (tertiary/aromatic N) is 3. The third kappa shape index (κ3) is 5.92. The van der Waals surface area contributed by atoms with Crippen LogP contribution in [-0.4, -0.2) is 69.0 Å². The number of carbonyl (C=O) groups is 2. The van der Waals surface area contributed by atoms with Gasteiger partial charge in [0.15, 0.2) is 0 Å². The van der Waals surface area contributed by atoms with E-state index in [1.54, 1.807) is 30.7 Å². The number of aryl methyl sites for hydroxylation is 1. The van der Waals surface area contributed by atoms with Crippen LogP contribution in [-0.2, 0) is 9.53 Å². The third-order valence-corrected chi connectivity index (χ3v) is 7.85. The van der Waals surface area contributed by atoms with Crippen molar-refractivity contribution >= 4 is 61.9 Å². The summed E-state index contributed by atoms with van der Waals surface area (Å²) in [7, 11) is 0. The Balaban J connectivity index is 1.37. The number of hydrogen-bond donors (Lipinski definition) is 3. The summed E-state index contributed by atoms with van der Waals surface area (Å²) in [6.07, 6.45) is 5.96. The second-order valence-corrected chi connectivity index (χ2v) is 11.9. The molecular weight excluding hydrogens is 607 g/mol. The van der Waals surface area contributed by atoms with Crippen molar-refractivity contribution in [3.8, 4) is 0 Å². The number of ether oxygens (including phenoxy) is 1. The molecule has 0 unspecified atom stereocenters. The van der Waals surface area contributed by atoms with Crippen molar-refractivity contribution in [3.63, 3.8) is 0 Å². The Labute approximate surface area is 241 Å². The van der Waals surface area contributed by atoms with Crippen LogP contribution in [0.5, 0.6) is 0 Å². The molecule has 4 heterocycles. The van der Waals surface area contributed by atoms with Crippen molar-refractivity contribution in [2.45, 2.75) is 51.8 Å². The Kier molecular flexibility index (Phi) is 7.88. The summed E-state index contributed by atoms with van der Waals surface area (Å²) in [5.74, 6) is -0.301. The standard InChI is InChI=1S/C29H33IN6O3/c1-5-19(33-27(37)20-7-6-9-32-17(20)2)14-36-16-29(3,4)39-15-25(36)28(38)35-23-12-18(30)11-22-21-8-10-31-13-24(21)34-26(22)23/h6-13,19,25,34H,5,14-16H2,1-4H3,(H,33,37)(H,35,38)/t19-,25-/m0/s1. The van der Waals surface area contributed by atoms with Crippen molar-refractivity contribution < 1.29 is 14.3 Å². The molecule has 2 atom stereocenters. The monoisotopic (exact) mass is 640 g/mol. The van der Waals surface area contributed by atoms with Gasteiger partial charge in [0, 0.05) is 51.6 Å². The first-order valence-corrected chi connectivity index (χ1v) is 14.2. The van der Waals surface area contributed by atoms with E-state index in [1.165, 1.54) is 0 Å². The van der Waals surface area contributed by atoms with Gasteiger partial charge in [0.05, 0.1) is 40.7 Å². The molecule has 3 N–H and O–H groups in total. The molecule has 1 aromatic carbocycles. The zero-order valence-electron chi connectivity index (χ0n) is 22.5. The van der Waals surface area contributed by atoms with Gasteiger partial charge in [0.1, 0.15) is 6.04 Å². The maximum atomic E-state index is 13.8. The van der Waals surface area contributed by atoms with Gasteiger partial charge >= 0.3 is 0 Å². The fraction of sp³-hybridized carbons (Fsp3) is 0.379. The Morgan fingerprint density at radius 3 is 2.85 bits per heavy atom. The number of hydrogen-bond acceptors (Lipinski definition) is 6. The normalized spacial score (nSPS) is 18.2. The molecule has 0 radical (unpaired) electrons.